The molecule has 0 saturated heterocycles. The lowest BCUT2D eigenvalue weighted by Crippen LogP contribution is -2.07. The Morgan fingerprint density at radius 3 is 2.44 bits per heavy atom. The second-order valence-electron chi connectivity index (χ2n) is 3.95. The third-order valence-electron chi connectivity index (χ3n) is 2.48. The van der Waals surface area contributed by atoms with Crippen molar-refractivity contribution in [3.63, 3.8) is 0 Å². The van der Waals surface area contributed by atoms with Crippen LogP contribution in [0.3, 0.4) is 0 Å². The Labute approximate surface area is 111 Å². The number of ether oxygens (including phenoxy) is 1. The molecule has 2 aromatic rings. The fourth-order valence-corrected chi connectivity index (χ4v) is 1.82. The Hall–Kier alpha value is -1.80. The second kappa shape index (κ2) is 6.22. The molecule has 0 spiro atoms. The van der Waals surface area contributed by atoms with Gasteiger partial charge in [-0.2, -0.15) is 0 Å². The van der Waals surface area contributed by atoms with Gasteiger partial charge in [-0.15, -0.1) is 0 Å². The average Bonchev–Trinajstić information content (AvgIpc) is 2.38. The van der Waals surface area contributed by atoms with Crippen LogP contribution in [0.25, 0.3) is 0 Å². The van der Waals surface area contributed by atoms with Crippen molar-refractivity contribution in [3.05, 3.63) is 70.7 Å². The van der Waals surface area contributed by atoms with Gasteiger partial charge in [-0.3, -0.25) is 4.79 Å². The predicted molar refractivity (Wildman–Crippen MR) is 71.4 cm³/mol. The van der Waals surface area contributed by atoms with Crippen LogP contribution in [0, 0.1) is 0 Å². The third kappa shape index (κ3) is 3.90. The van der Waals surface area contributed by atoms with Crippen molar-refractivity contribution in [2.24, 2.45) is 0 Å². The van der Waals surface area contributed by atoms with Crippen LogP contribution in [0.4, 0.5) is 0 Å². The van der Waals surface area contributed by atoms with Crippen molar-refractivity contribution in [1.82, 2.24) is 0 Å². The van der Waals surface area contributed by atoms with E-state index < -0.39 is 0 Å². The Kier molecular flexibility index (Phi) is 4.37. The molecule has 92 valence electrons. The SMILES string of the molecule is O=C(Cc1ccccc1)OCc1cccc(Cl)c1. The molecule has 2 rings (SSSR count). The van der Waals surface area contributed by atoms with E-state index in [1.165, 1.54) is 0 Å². The van der Waals surface area contributed by atoms with Crippen LogP contribution in [-0.2, 0) is 22.6 Å². The van der Waals surface area contributed by atoms with Crippen LogP contribution >= 0.6 is 11.6 Å². The van der Waals surface area contributed by atoms with Crippen LogP contribution < -0.4 is 0 Å². The lowest BCUT2D eigenvalue weighted by Gasteiger charge is -2.05. The van der Waals surface area contributed by atoms with Gasteiger partial charge in [0.05, 0.1) is 6.42 Å². The van der Waals surface area contributed by atoms with Crippen molar-refractivity contribution in [1.29, 1.82) is 0 Å². The summed E-state index contributed by atoms with van der Waals surface area (Å²) in [6.45, 7) is 0.256. The molecule has 0 aromatic heterocycles. The number of rotatable bonds is 4. The summed E-state index contributed by atoms with van der Waals surface area (Å²) in [6, 6.07) is 16.8. The van der Waals surface area contributed by atoms with Gasteiger partial charge in [0, 0.05) is 5.02 Å². The Balaban J connectivity index is 1.85. The van der Waals surface area contributed by atoms with E-state index in [9.17, 15) is 4.79 Å². The van der Waals surface area contributed by atoms with Gasteiger partial charge < -0.3 is 4.74 Å². The van der Waals surface area contributed by atoms with Gasteiger partial charge in [0.1, 0.15) is 6.61 Å². The van der Waals surface area contributed by atoms with E-state index in [0.29, 0.717) is 11.4 Å². The van der Waals surface area contributed by atoms with E-state index in [0.717, 1.165) is 11.1 Å². The molecule has 3 heteroatoms. The first-order chi connectivity index (χ1) is 8.74. The van der Waals surface area contributed by atoms with Crippen molar-refractivity contribution in [2.75, 3.05) is 0 Å². The highest BCUT2D eigenvalue weighted by atomic mass is 35.5. The molecule has 0 unspecified atom stereocenters. The molecule has 0 aliphatic carbocycles. The maximum Gasteiger partial charge on any atom is 0.310 e. The van der Waals surface area contributed by atoms with Gasteiger partial charge in [-0.25, -0.2) is 0 Å². The lowest BCUT2D eigenvalue weighted by molar-refractivity contribution is -0.144. The monoisotopic (exact) mass is 260 g/mol. The molecule has 0 saturated carbocycles. The minimum absolute atomic E-state index is 0.235. The Morgan fingerprint density at radius 2 is 1.72 bits per heavy atom. The summed E-state index contributed by atoms with van der Waals surface area (Å²) >= 11 is 5.85. The number of esters is 1. The fraction of sp³-hybridized carbons (Fsp3) is 0.133. The fourth-order valence-electron chi connectivity index (χ4n) is 1.60. The van der Waals surface area contributed by atoms with Crippen molar-refractivity contribution < 1.29 is 9.53 Å². The molecule has 2 aromatic carbocycles. The van der Waals surface area contributed by atoms with E-state index in [1.54, 1.807) is 12.1 Å². The number of benzene rings is 2. The molecule has 0 bridgehead atoms. The summed E-state index contributed by atoms with van der Waals surface area (Å²) in [7, 11) is 0. The van der Waals surface area contributed by atoms with Gasteiger partial charge in [-0.1, -0.05) is 54.1 Å². The summed E-state index contributed by atoms with van der Waals surface area (Å²) in [5.74, 6) is -0.235. The third-order valence-corrected chi connectivity index (χ3v) is 2.72. The van der Waals surface area contributed by atoms with Gasteiger partial charge in [0.2, 0.25) is 0 Å². The largest absolute Gasteiger partial charge is 0.461 e. The van der Waals surface area contributed by atoms with E-state index >= 15 is 0 Å². The highest BCUT2D eigenvalue weighted by Crippen LogP contribution is 2.12. The van der Waals surface area contributed by atoms with E-state index in [1.807, 2.05) is 42.5 Å². The summed E-state index contributed by atoms with van der Waals surface area (Å²) in [4.78, 5) is 11.6. The quantitative estimate of drug-likeness (QED) is 0.785. The molecular weight excluding hydrogens is 248 g/mol. The summed E-state index contributed by atoms with van der Waals surface area (Å²) in [5.41, 5.74) is 1.84. The van der Waals surface area contributed by atoms with Gasteiger partial charge in [0.25, 0.3) is 0 Å². The molecule has 0 radical (unpaired) electrons. The molecule has 2 nitrogen and oxygen atoms in total. The average molecular weight is 261 g/mol. The smallest absolute Gasteiger partial charge is 0.310 e. The second-order valence-corrected chi connectivity index (χ2v) is 4.39. The van der Waals surface area contributed by atoms with Crippen molar-refractivity contribution >= 4 is 17.6 Å². The van der Waals surface area contributed by atoms with E-state index in [2.05, 4.69) is 0 Å². The molecule has 0 amide bonds. The predicted octanol–water partition coefficient (Wildman–Crippen LogP) is 3.63. The van der Waals surface area contributed by atoms with Crippen molar-refractivity contribution in [3.8, 4) is 0 Å². The maximum absolute atomic E-state index is 11.6. The molecule has 0 atom stereocenters. The van der Waals surface area contributed by atoms with Crippen LogP contribution in [0.1, 0.15) is 11.1 Å². The standard InChI is InChI=1S/C15H13ClO2/c16-14-8-4-7-13(9-14)11-18-15(17)10-12-5-2-1-3-6-12/h1-9H,10-11H2. The molecule has 0 fully saturated rings. The Morgan fingerprint density at radius 1 is 1.00 bits per heavy atom. The highest BCUT2D eigenvalue weighted by molar-refractivity contribution is 6.30. The molecule has 0 heterocycles. The minimum atomic E-state index is -0.235. The number of hydrogen-bond donors (Lipinski definition) is 0. The van der Waals surface area contributed by atoms with Crippen LogP contribution in [-0.4, -0.2) is 5.97 Å². The number of halogens is 1. The summed E-state index contributed by atoms with van der Waals surface area (Å²) < 4.78 is 5.19. The Bertz CT molecular complexity index is 523. The maximum atomic E-state index is 11.6. The first-order valence-electron chi connectivity index (χ1n) is 5.68. The number of hydrogen-bond acceptors (Lipinski definition) is 2. The highest BCUT2D eigenvalue weighted by Gasteiger charge is 2.04. The summed E-state index contributed by atoms with van der Waals surface area (Å²) in [5, 5.41) is 0.645. The molecule has 0 aliphatic rings. The van der Waals surface area contributed by atoms with Gasteiger partial charge >= 0.3 is 5.97 Å². The minimum Gasteiger partial charge on any atom is -0.461 e. The number of carbonyl (C=O) groups excluding carboxylic acids is 1. The zero-order valence-electron chi connectivity index (χ0n) is 9.80. The zero-order valence-corrected chi connectivity index (χ0v) is 10.6. The summed E-state index contributed by atoms with van der Waals surface area (Å²) in [6.07, 6.45) is 0.293. The zero-order chi connectivity index (χ0) is 12.8. The van der Waals surface area contributed by atoms with Crippen LogP contribution in [0.5, 0.6) is 0 Å². The molecular formula is C15H13ClO2. The molecule has 0 N–H and O–H groups in total. The van der Waals surface area contributed by atoms with Crippen molar-refractivity contribution in [2.45, 2.75) is 13.0 Å². The van der Waals surface area contributed by atoms with E-state index in [-0.39, 0.29) is 12.6 Å². The van der Waals surface area contributed by atoms with Gasteiger partial charge in [0.15, 0.2) is 0 Å². The van der Waals surface area contributed by atoms with Gasteiger partial charge in [-0.05, 0) is 23.3 Å². The lowest BCUT2D eigenvalue weighted by atomic mass is 10.1. The van der Waals surface area contributed by atoms with Crippen LogP contribution in [0.15, 0.2) is 54.6 Å². The van der Waals surface area contributed by atoms with E-state index in [4.69, 9.17) is 16.3 Å². The first-order valence-corrected chi connectivity index (χ1v) is 6.06. The molecule has 0 aliphatic heterocycles. The first kappa shape index (κ1) is 12.7. The molecule has 18 heavy (non-hydrogen) atoms. The topological polar surface area (TPSA) is 26.3 Å². The van der Waals surface area contributed by atoms with Crippen LogP contribution in [0.2, 0.25) is 5.02 Å². The number of carbonyl (C=O) groups is 1. The normalized spacial score (nSPS) is 10.1.